The molecule has 0 aliphatic carbocycles. The van der Waals surface area contributed by atoms with Crippen LogP contribution >= 0.6 is 0 Å². The first kappa shape index (κ1) is 21.9. The number of anilines is 1. The molecule has 3 N–H and O–H groups in total. The fourth-order valence-corrected chi connectivity index (χ4v) is 3.32. The van der Waals surface area contributed by atoms with E-state index in [4.69, 9.17) is 10.5 Å². The minimum Gasteiger partial charge on any atom is -0.465 e. The molecular weight excluding hydrogens is 420 g/mol. The Labute approximate surface area is 190 Å². The van der Waals surface area contributed by atoms with E-state index in [1.54, 1.807) is 30.5 Å². The number of para-hydroxylation sites is 2. The Hall–Kier alpha value is -4.27. The van der Waals surface area contributed by atoms with Crippen LogP contribution in [0.4, 0.5) is 5.82 Å². The van der Waals surface area contributed by atoms with E-state index in [0.29, 0.717) is 34.3 Å². The van der Waals surface area contributed by atoms with Crippen LogP contribution in [0.1, 0.15) is 40.1 Å². The Morgan fingerprint density at radius 2 is 1.79 bits per heavy atom. The number of esters is 1. The number of hydrogen-bond donors (Lipinski definition) is 2. The molecule has 0 radical (unpaired) electrons. The molecule has 0 fully saturated rings. The van der Waals surface area contributed by atoms with Crippen LogP contribution in [0, 0.1) is 5.92 Å². The molecule has 0 aliphatic rings. The summed E-state index contributed by atoms with van der Waals surface area (Å²) in [4.78, 5) is 33.9. The molecule has 2 aromatic heterocycles. The number of fused-ring (bicyclic) bond motifs is 2. The summed E-state index contributed by atoms with van der Waals surface area (Å²) in [6.45, 7) is 4.52. The summed E-state index contributed by atoms with van der Waals surface area (Å²) in [5.74, 6) is -0.323. The SMILES string of the molecule is COC(=O)c1ccc(/C=N\n2c(N)c(C(=O)NCC(C)C)c3nc4ccccc4nc32)cc1. The lowest BCUT2D eigenvalue weighted by Crippen LogP contribution is -2.28. The number of carbonyl (C=O) groups excluding carboxylic acids is 2. The van der Waals surface area contributed by atoms with Gasteiger partial charge in [0, 0.05) is 6.54 Å². The van der Waals surface area contributed by atoms with Gasteiger partial charge in [-0.05, 0) is 35.7 Å². The van der Waals surface area contributed by atoms with E-state index in [1.165, 1.54) is 11.8 Å². The first-order chi connectivity index (χ1) is 15.9. The van der Waals surface area contributed by atoms with E-state index in [-0.39, 0.29) is 23.2 Å². The number of carbonyl (C=O) groups is 2. The fraction of sp³-hybridized carbons (Fsp3) is 0.208. The lowest BCUT2D eigenvalue weighted by atomic mass is 10.1. The zero-order valence-electron chi connectivity index (χ0n) is 18.6. The van der Waals surface area contributed by atoms with E-state index in [2.05, 4.69) is 20.4 Å². The zero-order chi connectivity index (χ0) is 23.5. The molecule has 2 heterocycles. The Kier molecular flexibility index (Phi) is 6.03. The largest absolute Gasteiger partial charge is 0.465 e. The van der Waals surface area contributed by atoms with Crippen molar-refractivity contribution >= 4 is 46.1 Å². The molecule has 0 saturated carbocycles. The number of rotatable bonds is 6. The number of nitrogen functional groups attached to an aromatic ring is 1. The molecule has 0 saturated heterocycles. The predicted octanol–water partition coefficient (Wildman–Crippen LogP) is 3.22. The van der Waals surface area contributed by atoms with E-state index >= 15 is 0 Å². The summed E-state index contributed by atoms with van der Waals surface area (Å²) in [7, 11) is 1.33. The molecule has 0 aliphatic heterocycles. The van der Waals surface area contributed by atoms with Crippen molar-refractivity contribution in [3.05, 3.63) is 65.2 Å². The minimum atomic E-state index is -0.418. The molecule has 2 aromatic carbocycles. The van der Waals surface area contributed by atoms with Gasteiger partial charge in [0.05, 0.1) is 29.9 Å². The van der Waals surface area contributed by atoms with Crippen molar-refractivity contribution in [2.45, 2.75) is 13.8 Å². The molecule has 0 bridgehead atoms. The van der Waals surface area contributed by atoms with Crippen LogP contribution in [0.5, 0.6) is 0 Å². The fourth-order valence-electron chi connectivity index (χ4n) is 3.32. The number of methoxy groups -OCH3 is 1. The molecule has 33 heavy (non-hydrogen) atoms. The Morgan fingerprint density at radius 1 is 1.12 bits per heavy atom. The predicted molar refractivity (Wildman–Crippen MR) is 127 cm³/mol. The van der Waals surface area contributed by atoms with Crippen molar-refractivity contribution in [2.75, 3.05) is 19.4 Å². The van der Waals surface area contributed by atoms with Crippen molar-refractivity contribution in [3.63, 3.8) is 0 Å². The average Bonchev–Trinajstić information content (AvgIpc) is 3.09. The van der Waals surface area contributed by atoms with Crippen LogP contribution in [0.15, 0.2) is 53.6 Å². The Balaban J connectivity index is 1.80. The molecule has 0 atom stereocenters. The second-order valence-corrected chi connectivity index (χ2v) is 7.92. The van der Waals surface area contributed by atoms with Crippen LogP contribution in [0.25, 0.3) is 22.2 Å². The van der Waals surface area contributed by atoms with E-state index in [0.717, 1.165) is 5.56 Å². The highest BCUT2D eigenvalue weighted by molar-refractivity contribution is 6.10. The van der Waals surface area contributed by atoms with Gasteiger partial charge >= 0.3 is 5.97 Å². The quantitative estimate of drug-likeness (QED) is 0.348. The molecule has 9 heteroatoms. The molecular formula is C24H24N6O3. The maximum Gasteiger partial charge on any atom is 0.337 e. The van der Waals surface area contributed by atoms with Crippen molar-refractivity contribution in [3.8, 4) is 0 Å². The summed E-state index contributed by atoms with van der Waals surface area (Å²) < 4.78 is 6.13. The van der Waals surface area contributed by atoms with Gasteiger partial charge in [-0.25, -0.2) is 14.8 Å². The molecule has 1 amide bonds. The van der Waals surface area contributed by atoms with E-state index < -0.39 is 5.97 Å². The highest BCUT2D eigenvalue weighted by atomic mass is 16.5. The molecule has 9 nitrogen and oxygen atoms in total. The van der Waals surface area contributed by atoms with Gasteiger partial charge in [0.15, 0.2) is 5.65 Å². The molecule has 4 aromatic rings. The molecule has 4 rings (SSSR count). The van der Waals surface area contributed by atoms with Gasteiger partial charge in [-0.2, -0.15) is 9.78 Å². The van der Waals surface area contributed by atoms with E-state index in [9.17, 15) is 9.59 Å². The van der Waals surface area contributed by atoms with E-state index in [1.807, 2.05) is 38.1 Å². The zero-order valence-corrected chi connectivity index (χ0v) is 18.6. The average molecular weight is 444 g/mol. The lowest BCUT2D eigenvalue weighted by Gasteiger charge is -2.07. The first-order valence-electron chi connectivity index (χ1n) is 10.5. The minimum absolute atomic E-state index is 0.143. The molecule has 0 spiro atoms. The topological polar surface area (TPSA) is 124 Å². The number of ether oxygens (including phenoxy) is 1. The summed E-state index contributed by atoms with van der Waals surface area (Å²) in [6.07, 6.45) is 1.57. The summed E-state index contributed by atoms with van der Waals surface area (Å²) in [6, 6.07) is 14.1. The number of nitrogens with one attached hydrogen (secondary N) is 1. The van der Waals surface area contributed by atoms with Crippen LogP contribution in [-0.4, -0.2) is 46.4 Å². The molecule has 0 unspecified atom stereocenters. The van der Waals surface area contributed by atoms with Gasteiger partial charge < -0.3 is 15.8 Å². The second-order valence-electron chi connectivity index (χ2n) is 7.92. The number of benzene rings is 2. The van der Waals surface area contributed by atoms with Crippen LogP contribution in [-0.2, 0) is 4.74 Å². The second kappa shape index (κ2) is 9.07. The van der Waals surface area contributed by atoms with Crippen molar-refractivity contribution < 1.29 is 14.3 Å². The van der Waals surface area contributed by atoms with Crippen LogP contribution < -0.4 is 11.1 Å². The standard InChI is InChI=1S/C24H24N6O3/c1-14(2)12-26-23(31)19-20-22(29-18-7-5-4-6-17(18)28-20)30(21(19)25)27-13-15-8-10-16(11-9-15)24(32)33-3/h4-11,13-14H,12,25H2,1-3H3,(H,26,31)/b27-13-. The highest BCUT2D eigenvalue weighted by Crippen LogP contribution is 2.27. The van der Waals surface area contributed by atoms with Crippen molar-refractivity contribution in [1.82, 2.24) is 20.0 Å². The first-order valence-corrected chi connectivity index (χ1v) is 10.5. The molecule has 168 valence electrons. The van der Waals surface area contributed by atoms with Gasteiger partial charge in [-0.15, -0.1) is 0 Å². The van der Waals surface area contributed by atoms with Gasteiger partial charge in [-0.3, -0.25) is 4.79 Å². The smallest absolute Gasteiger partial charge is 0.337 e. The number of amides is 1. The number of nitrogens with zero attached hydrogens (tertiary/aromatic N) is 4. The highest BCUT2D eigenvalue weighted by Gasteiger charge is 2.24. The Morgan fingerprint density at radius 3 is 2.42 bits per heavy atom. The summed E-state index contributed by atoms with van der Waals surface area (Å²) in [5.41, 5.74) is 9.85. The van der Waals surface area contributed by atoms with Gasteiger partial charge in [-0.1, -0.05) is 38.1 Å². The van der Waals surface area contributed by atoms with Crippen LogP contribution in [0.3, 0.4) is 0 Å². The number of nitrogens with two attached hydrogens (primary N) is 1. The summed E-state index contributed by atoms with van der Waals surface area (Å²) in [5, 5.41) is 7.37. The number of hydrogen-bond acceptors (Lipinski definition) is 7. The van der Waals surface area contributed by atoms with Gasteiger partial charge in [0.1, 0.15) is 16.9 Å². The summed E-state index contributed by atoms with van der Waals surface area (Å²) >= 11 is 0. The Bertz CT molecular complexity index is 1370. The maximum absolute atomic E-state index is 13.0. The van der Waals surface area contributed by atoms with Crippen molar-refractivity contribution in [1.29, 1.82) is 0 Å². The van der Waals surface area contributed by atoms with Crippen molar-refractivity contribution in [2.24, 2.45) is 11.0 Å². The maximum atomic E-state index is 13.0. The normalized spacial score (nSPS) is 11.5. The lowest BCUT2D eigenvalue weighted by molar-refractivity contribution is 0.0600. The third-order valence-electron chi connectivity index (χ3n) is 5.03. The monoisotopic (exact) mass is 444 g/mol. The van der Waals surface area contributed by atoms with Gasteiger partial charge in [0.25, 0.3) is 5.91 Å². The number of aromatic nitrogens is 3. The third-order valence-corrected chi connectivity index (χ3v) is 5.03. The van der Waals surface area contributed by atoms with Crippen LogP contribution in [0.2, 0.25) is 0 Å². The van der Waals surface area contributed by atoms with Gasteiger partial charge in [0.2, 0.25) is 0 Å². The third kappa shape index (κ3) is 4.38.